The lowest BCUT2D eigenvalue weighted by atomic mass is 10.1. The highest BCUT2D eigenvalue weighted by Crippen LogP contribution is 2.27. The number of thioether (sulfide) groups is 1. The molecule has 0 radical (unpaired) electrons. The van der Waals surface area contributed by atoms with Crippen LogP contribution in [0.25, 0.3) is 0 Å². The Bertz CT molecular complexity index is 1060. The van der Waals surface area contributed by atoms with E-state index in [1.54, 1.807) is 12.1 Å². The van der Waals surface area contributed by atoms with Gasteiger partial charge in [0, 0.05) is 23.9 Å². The molecule has 3 aromatic rings. The molecule has 3 rings (SSSR count). The van der Waals surface area contributed by atoms with Gasteiger partial charge >= 0.3 is 0 Å². The first-order valence-electron chi connectivity index (χ1n) is 9.34. The predicted molar refractivity (Wildman–Crippen MR) is 120 cm³/mol. The van der Waals surface area contributed by atoms with E-state index in [4.69, 9.17) is 0 Å². The van der Waals surface area contributed by atoms with Crippen LogP contribution in [0.3, 0.4) is 0 Å². The summed E-state index contributed by atoms with van der Waals surface area (Å²) in [6.07, 6.45) is 0. The van der Waals surface area contributed by atoms with Crippen LogP contribution in [0.1, 0.15) is 19.4 Å². The minimum absolute atomic E-state index is 0.0579. The van der Waals surface area contributed by atoms with Crippen molar-refractivity contribution in [1.82, 2.24) is 10.2 Å². The first kappa shape index (κ1) is 22.6. The van der Waals surface area contributed by atoms with Gasteiger partial charge in [-0.1, -0.05) is 35.2 Å². The number of rotatable bonds is 9. The summed E-state index contributed by atoms with van der Waals surface area (Å²) in [6.45, 7) is 4.10. The number of hydrogen-bond donors (Lipinski definition) is 1. The number of halogens is 1. The zero-order valence-corrected chi connectivity index (χ0v) is 18.5. The van der Waals surface area contributed by atoms with Gasteiger partial charge in [0.2, 0.25) is 11.0 Å². The van der Waals surface area contributed by atoms with Gasteiger partial charge in [-0.15, -0.1) is 10.2 Å². The standard InChI is InChI=1S/C20H20FN5O3S2/c1-13(2)22-19-23-24-20(31-19)30-12-18(27)25(16-8-6-15(21)7-9-16)11-14-4-3-5-17(10-14)26(28)29/h3-10,13H,11-12H2,1-2H3,(H,22,23). The van der Waals surface area contributed by atoms with E-state index in [1.165, 1.54) is 64.4 Å². The fourth-order valence-corrected chi connectivity index (χ4v) is 4.44. The van der Waals surface area contributed by atoms with Crippen LogP contribution in [0.4, 0.5) is 20.9 Å². The number of nitro benzene ring substituents is 1. The van der Waals surface area contributed by atoms with Crippen molar-refractivity contribution in [2.45, 2.75) is 30.8 Å². The van der Waals surface area contributed by atoms with E-state index < -0.39 is 10.7 Å². The molecule has 31 heavy (non-hydrogen) atoms. The van der Waals surface area contributed by atoms with Gasteiger partial charge in [-0.2, -0.15) is 0 Å². The Kier molecular flexibility index (Phi) is 7.53. The summed E-state index contributed by atoms with van der Waals surface area (Å²) in [4.78, 5) is 25.1. The van der Waals surface area contributed by atoms with Crippen LogP contribution in [0.5, 0.6) is 0 Å². The van der Waals surface area contributed by atoms with E-state index >= 15 is 0 Å². The van der Waals surface area contributed by atoms with E-state index in [1.807, 2.05) is 13.8 Å². The molecular weight excluding hydrogens is 441 g/mol. The molecule has 2 aromatic carbocycles. The molecule has 0 saturated heterocycles. The summed E-state index contributed by atoms with van der Waals surface area (Å²) < 4.78 is 14.0. The Morgan fingerprint density at radius 2 is 2.00 bits per heavy atom. The second kappa shape index (κ2) is 10.3. The van der Waals surface area contributed by atoms with E-state index in [9.17, 15) is 19.3 Å². The maximum Gasteiger partial charge on any atom is 0.269 e. The monoisotopic (exact) mass is 461 g/mol. The van der Waals surface area contributed by atoms with E-state index in [0.717, 1.165) is 0 Å². The lowest BCUT2D eigenvalue weighted by Gasteiger charge is -2.23. The van der Waals surface area contributed by atoms with Gasteiger partial charge in [0.1, 0.15) is 5.82 Å². The summed E-state index contributed by atoms with van der Waals surface area (Å²) >= 11 is 2.61. The Morgan fingerprint density at radius 1 is 1.26 bits per heavy atom. The van der Waals surface area contributed by atoms with Crippen LogP contribution in [0.15, 0.2) is 52.9 Å². The molecule has 8 nitrogen and oxygen atoms in total. The number of nitrogens with one attached hydrogen (secondary N) is 1. The third-order valence-corrected chi connectivity index (χ3v) is 6.01. The SMILES string of the molecule is CC(C)Nc1nnc(SCC(=O)N(Cc2cccc([N+](=O)[O-])c2)c2ccc(F)cc2)s1. The number of hydrogen-bond acceptors (Lipinski definition) is 8. The molecule has 0 aliphatic carbocycles. The van der Waals surface area contributed by atoms with Crippen LogP contribution in [0.2, 0.25) is 0 Å². The summed E-state index contributed by atoms with van der Waals surface area (Å²) in [5, 5.41) is 23.0. The quantitative estimate of drug-likeness (QED) is 0.279. The van der Waals surface area contributed by atoms with Crippen molar-refractivity contribution in [1.29, 1.82) is 0 Å². The molecule has 162 valence electrons. The van der Waals surface area contributed by atoms with E-state index in [0.29, 0.717) is 20.7 Å². The van der Waals surface area contributed by atoms with Crippen LogP contribution >= 0.6 is 23.1 Å². The minimum Gasteiger partial charge on any atom is -0.358 e. The molecule has 1 heterocycles. The molecule has 0 bridgehead atoms. The number of nitro groups is 1. The third-order valence-electron chi connectivity index (χ3n) is 4.04. The lowest BCUT2D eigenvalue weighted by Crippen LogP contribution is -2.32. The smallest absolute Gasteiger partial charge is 0.269 e. The topological polar surface area (TPSA) is 101 Å². The molecule has 11 heteroatoms. The molecular formula is C20H20FN5O3S2. The van der Waals surface area contributed by atoms with Crippen molar-refractivity contribution in [3.63, 3.8) is 0 Å². The van der Waals surface area contributed by atoms with Crippen molar-refractivity contribution in [3.8, 4) is 0 Å². The number of non-ortho nitro benzene ring substituents is 1. The molecule has 0 unspecified atom stereocenters. The van der Waals surface area contributed by atoms with Crippen molar-refractivity contribution < 1.29 is 14.1 Å². The van der Waals surface area contributed by atoms with Crippen LogP contribution in [-0.2, 0) is 11.3 Å². The molecule has 0 spiro atoms. The zero-order chi connectivity index (χ0) is 22.4. The first-order chi connectivity index (χ1) is 14.8. The van der Waals surface area contributed by atoms with E-state index in [2.05, 4.69) is 15.5 Å². The zero-order valence-electron chi connectivity index (χ0n) is 16.8. The molecule has 1 N–H and O–H groups in total. The summed E-state index contributed by atoms with van der Waals surface area (Å²) in [5.74, 6) is -0.570. The highest BCUT2D eigenvalue weighted by molar-refractivity contribution is 8.01. The van der Waals surface area contributed by atoms with Crippen molar-refractivity contribution in [2.75, 3.05) is 16.0 Å². The second-order valence-corrected chi connectivity index (χ2v) is 9.04. The molecule has 0 aliphatic heterocycles. The van der Waals surface area contributed by atoms with Gasteiger partial charge in [-0.05, 0) is 43.7 Å². The summed E-state index contributed by atoms with van der Waals surface area (Å²) in [7, 11) is 0. The average Bonchev–Trinajstić information content (AvgIpc) is 3.18. The van der Waals surface area contributed by atoms with Gasteiger partial charge in [-0.3, -0.25) is 14.9 Å². The number of carbonyl (C=O) groups is 1. The fourth-order valence-electron chi connectivity index (χ4n) is 2.67. The summed E-state index contributed by atoms with van der Waals surface area (Å²) in [5.41, 5.74) is 1.03. The normalized spacial score (nSPS) is 10.8. The number of amides is 1. The highest BCUT2D eigenvalue weighted by atomic mass is 32.2. The van der Waals surface area contributed by atoms with Gasteiger partial charge in [0.25, 0.3) is 5.69 Å². The number of benzene rings is 2. The molecule has 0 saturated carbocycles. The average molecular weight is 462 g/mol. The van der Waals surface area contributed by atoms with Crippen molar-refractivity contribution >= 4 is 45.5 Å². The fraction of sp³-hybridized carbons (Fsp3) is 0.250. The van der Waals surface area contributed by atoms with E-state index in [-0.39, 0.29) is 29.9 Å². The first-order valence-corrected chi connectivity index (χ1v) is 11.1. The number of carbonyl (C=O) groups excluding carboxylic acids is 1. The number of aromatic nitrogens is 2. The van der Waals surface area contributed by atoms with Crippen molar-refractivity contribution in [2.24, 2.45) is 0 Å². The lowest BCUT2D eigenvalue weighted by molar-refractivity contribution is -0.384. The predicted octanol–water partition coefficient (Wildman–Crippen LogP) is 4.73. The summed E-state index contributed by atoms with van der Waals surface area (Å²) in [6, 6.07) is 11.9. The second-order valence-electron chi connectivity index (χ2n) is 6.84. The molecule has 1 amide bonds. The Morgan fingerprint density at radius 3 is 2.68 bits per heavy atom. The van der Waals surface area contributed by atoms with Gasteiger partial charge in [0.05, 0.1) is 17.2 Å². The maximum atomic E-state index is 13.4. The number of nitrogens with zero attached hydrogens (tertiary/aromatic N) is 4. The third kappa shape index (κ3) is 6.46. The number of anilines is 2. The maximum absolute atomic E-state index is 13.4. The Hall–Kier alpha value is -3.05. The van der Waals surface area contributed by atoms with Crippen molar-refractivity contribution in [3.05, 3.63) is 70.0 Å². The van der Waals surface area contributed by atoms with Gasteiger partial charge in [-0.25, -0.2) is 4.39 Å². The van der Waals surface area contributed by atoms with Crippen LogP contribution in [-0.4, -0.2) is 32.8 Å². The molecule has 0 aliphatic rings. The van der Waals surface area contributed by atoms with Gasteiger partial charge in [0.15, 0.2) is 4.34 Å². The molecule has 0 fully saturated rings. The highest BCUT2D eigenvalue weighted by Gasteiger charge is 2.19. The van der Waals surface area contributed by atoms with Crippen LogP contribution in [0, 0.1) is 15.9 Å². The van der Waals surface area contributed by atoms with Gasteiger partial charge < -0.3 is 10.2 Å². The van der Waals surface area contributed by atoms with Crippen LogP contribution < -0.4 is 10.2 Å². The molecule has 0 atom stereocenters. The Balaban J connectivity index is 1.76. The Labute approximate surface area is 186 Å². The minimum atomic E-state index is -0.484. The molecule has 1 aromatic heterocycles. The largest absolute Gasteiger partial charge is 0.358 e.